The van der Waals surface area contributed by atoms with E-state index >= 15 is 0 Å². The molecule has 0 bridgehead atoms. The van der Waals surface area contributed by atoms with Crippen LogP contribution in [0.4, 0.5) is 0 Å². The van der Waals surface area contributed by atoms with Gasteiger partial charge in [0.2, 0.25) is 0 Å². The molecular formula is C14H18N2O3S2. The molecule has 0 aliphatic carbocycles. The molecule has 0 aliphatic heterocycles. The Morgan fingerprint density at radius 2 is 2.19 bits per heavy atom. The fourth-order valence-electron chi connectivity index (χ4n) is 1.95. The Morgan fingerprint density at radius 1 is 1.38 bits per heavy atom. The molecule has 2 heterocycles. The van der Waals surface area contributed by atoms with Crippen LogP contribution in [0.2, 0.25) is 0 Å². The smallest absolute Gasteiger partial charge is 0.258 e. The maximum Gasteiger partial charge on any atom is 0.258 e. The Bertz CT molecular complexity index is 652. The van der Waals surface area contributed by atoms with E-state index < -0.39 is 10.0 Å². The summed E-state index contributed by atoms with van der Waals surface area (Å²) in [5.74, 6) is 0. The largest absolute Gasteiger partial charge is 0.392 e. The molecule has 7 heteroatoms. The standard InChI is InChI=1S/C14H18N2O3S2/c1-2-4-12(13-5-3-8-20-13)16-21(18,19)14-7-6-11(10-17)9-15-14/h3,5-9,12,16-17H,2,4,10H2,1H3. The third-order valence-electron chi connectivity index (χ3n) is 3.02. The summed E-state index contributed by atoms with van der Waals surface area (Å²) < 4.78 is 27.5. The highest BCUT2D eigenvalue weighted by Gasteiger charge is 2.22. The van der Waals surface area contributed by atoms with Crippen LogP contribution in [0.1, 0.15) is 36.2 Å². The molecule has 1 unspecified atom stereocenters. The molecule has 0 saturated carbocycles. The molecule has 0 radical (unpaired) electrons. The van der Waals surface area contributed by atoms with Gasteiger partial charge in [-0.15, -0.1) is 11.3 Å². The van der Waals surface area contributed by atoms with Gasteiger partial charge in [0.1, 0.15) is 0 Å². The lowest BCUT2D eigenvalue weighted by Gasteiger charge is -2.16. The van der Waals surface area contributed by atoms with E-state index in [-0.39, 0.29) is 17.7 Å². The second-order valence-corrected chi connectivity index (χ2v) is 7.28. The predicted molar refractivity (Wildman–Crippen MR) is 82.4 cm³/mol. The van der Waals surface area contributed by atoms with Gasteiger partial charge in [0.15, 0.2) is 5.03 Å². The van der Waals surface area contributed by atoms with Gasteiger partial charge in [-0.3, -0.25) is 0 Å². The molecular weight excluding hydrogens is 308 g/mol. The monoisotopic (exact) mass is 326 g/mol. The number of thiophene rings is 1. The predicted octanol–water partition coefficient (Wildman–Crippen LogP) is 2.46. The Morgan fingerprint density at radius 3 is 2.71 bits per heavy atom. The van der Waals surface area contributed by atoms with Crippen molar-refractivity contribution >= 4 is 21.4 Å². The number of aliphatic hydroxyl groups excluding tert-OH is 1. The molecule has 0 aliphatic rings. The van der Waals surface area contributed by atoms with Gasteiger partial charge in [-0.1, -0.05) is 25.5 Å². The summed E-state index contributed by atoms with van der Waals surface area (Å²) >= 11 is 1.53. The lowest BCUT2D eigenvalue weighted by molar-refractivity contribution is 0.281. The van der Waals surface area contributed by atoms with Crippen molar-refractivity contribution in [1.29, 1.82) is 0 Å². The molecule has 0 fully saturated rings. The van der Waals surface area contributed by atoms with Crippen molar-refractivity contribution in [2.45, 2.75) is 37.4 Å². The number of nitrogens with zero attached hydrogens (tertiary/aromatic N) is 1. The quantitative estimate of drug-likeness (QED) is 0.819. The second-order valence-electron chi connectivity index (χ2n) is 4.64. The van der Waals surface area contributed by atoms with Crippen LogP contribution in [0, 0.1) is 0 Å². The Kier molecular flexibility index (Phi) is 5.46. The van der Waals surface area contributed by atoms with Crippen LogP contribution in [0.5, 0.6) is 0 Å². The average Bonchev–Trinajstić information content (AvgIpc) is 3.01. The number of sulfonamides is 1. The highest BCUT2D eigenvalue weighted by molar-refractivity contribution is 7.89. The Hall–Kier alpha value is -1.28. The fraction of sp³-hybridized carbons (Fsp3) is 0.357. The zero-order valence-electron chi connectivity index (χ0n) is 11.7. The highest BCUT2D eigenvalue weighted by atomic mass is 32.2. The van der Waals surface area contributed by atoms with Gasteiger partial charge in [0.05, 0.1) is 12.6 Å². The molecule has 21 heavy (non-hydrogen) atoms. The van der Waals surface area contributed by atoms with Crippen LogP contribution in [-0.2, 0) is 16.6 Å². The fourth-order valence-corrected chi connectivity index (χ4v) is 4.01. The van der Waals surface area contributed by atoms with Crippen LogP contribution in [0.25, 0.3) is 0 Å². The summed E-state index contributed by atoms with van der Waals surface area (Å²) in [5, 5.41) is 10.9. The molecule has 2 rings (SSSR count). The van der Waals surface area contributed by atoms with E-state index in [1.54, 1.807) is 6.07 Å². The molecule has 0 spiro atoms. The third-order valence-corrected chi connectivity index (χ3v) is 5.39. The number of aromatic nitrogens is 1. The van der Waals surface area contributed by atoms with Gasteiger partial charge < -0.3 is 5.11 Å². The van der Waals surface area contributed by atoms with Crippen LogP contribution < -0.4 is 4.72 Å². The Balaban J connectivity index is 2.21. The van der Waals surface area contributed by atoms with Crippen molar-refractivity contribution < 1.29 is 13.5 Å². The first-order chi connectivity index (χ1) is 10.1. The van der Waals surface area contributed by atoms with Crippen molar-refractivity contribution in [3.63, 3.8) is 0 Å². The summed E-state index contributed by atoms with van der Waals surface area (Å²) in [6.07, 6.45) is 2.98. The first-order valence-electron chi connectivity index (χ1n) is 6.68. The van der Waals surface area contributed by atoms with Crippen LogP contribution in [0.3, 0.4) is 0 Å². The molecule has 2 N–H and O–H groups in total. The maximum atomic E-state index is 12.4. The second kappa shape index (κ2) is 7.13. The maximum absolute atomic E-state index is 12.4. The van der Waals surface area contributed by atoms with E-state index in [9.17, 15) is 8.42 Å². The van der Waals surface area contributed by atoms with Gasteiger partial charge in [-0.2, -0.15) is 0 Å². The molecule has 0 amide bonds. The summed E-state index contributed by atoms with van der Waals surface area (Å²) in [6, 6.07) is 6.56. The van der Waals surface area contributed by atoms with Crippen molar-refractivity contribution in [1.82, 2.24) is 9.71 Å². The van der Waals surface area contributed by atoms with Crippen molar-refractivity contribution in [3.8, 4) is 0 Å². The van der Waals surface area contributed by atoms with Crippen molar-refractivity contribution in [3.05, 3.63) is 46.3 Å². The summed E-state index contributed by atoms with van der Waals surface area (Å²) in [4.78, 5) is 4.90. The van der Waals surface area contributed by atoms with Crippen LogP contribution >= 0.6 is 11.3 Å². The number of hydrogen-bond donors (Lipinski definition) is 2. The zero-order chi connectivity index (χ0) is 15.3. The molecule has 2 aromatic heterocycles. The van der Waals surface area contributed by atoms with Crippen molar-refractivity contribution in [2.75, 3.05) is 0 Å². The molecule has 1 atom stereocenters. The number of rotatable bonds is 7. The lowest BCUT2D eigenvalue weighted by Crippen LogP contribution is -2.28. The number of aliphatic hydroxyl groups is 1. The van der Waals surface area contributed by atoms with Gasteiger partial charge in [-0.05, 0) is 29.5 Å². The molecule has 0 aromatic carbocycles. The van der Waals surface area contributed by atoms with E-state index in [0.717, 1.165) is 17.7 Å². The first kappa shape index (κ1) is 16.1. The van der Waals surface area contributed by atoms with E-state index in [1.165, 1.54) is 23.6 Å². The first-order valence-corrected chi connectivity index (χ1v) is 9.04. The normalized spacial score (nSPS) is 13.2. The molecule has 114 valence electrons. The van der Waals surface area contributed by atoms with Gasteiger partial charge in [-0.25, -0.2) is 18.1 Å². The molecule has 0 saturated heterocycles. The van der Waals surface area contributed by atoms with Crippen LogP contribution in [-0.4, -0.2) is 18.5 Å². The minimum atomic E-state index is -3.67. The minimum absolute atomic E-state index is 0.0302. The summed E-state index contributed by atoms with van der Waals surface area (Å²) in [5.41, 5.74) is 0.581. The minimum Gasteiger partial charge on any atom is -0.392 e. The average molecular weight is 326 g/mol. The summed E-state index contributed by atoms with van der Waals surface area (Å²) in [6.45, 7) is 1.86. The lowest BCUT2D eigenvalue weighted by atomic mass is 10.1. The van der Waals surface area contributed by atoms with E-state index in [1.807, 2.05) is 24.4 Å². The highest BCUT2D eigenvalue weighted by Crippen LogP contribution is 2.25. The van der Waals surface area contributed by atoms with Gasteiger partial charge in [0, 0.05) is 11.1 Å². The summed E-state index contributed by atoms with van der Waals surface area (Å²) in [7, 11) is -3.67. The molecule has 2 aromatic rings. The molecule has 5 nitrogen and oxygen atoms in total. The van der Waals surface area contributed by atoms with E-state index in [2.05, 4.69) is 9.71 Å². The van der Waals surface area contributed by atoms with E-state index in [0.29, 0.717) is 5.56 Å². The van der Waals surface area contributed by atoms with Gasteiger partial charge >= 0.3 is 0 Å². The topological polar surface area (TPSA) is 79.3 Å². The van der Waals surface area contributed by atoms with Crippen molar-refractivity contribution in [2.24, 2.45) is 0 Å². The number of nitrogens with one attached hydrogen (secondary N) is 1. The number of hydrogen-bond acceptors (Lipinski definition) is 5. The number of pyridine rings is 1. The SMILES string of the molecule is CCCC(NS(=O)(=O)c1ccc(CO)cn1)c1cccs1. The third kappa shape index (κ3) is 4.10. The Labute approximate surface area is 128 Å². The van der Waals surface area contributed by atoms with E-state index in [4.69, 9.17) is 5.11 Å². The zero-order valence-corrected chi connectivity index (χ0v) is 13.3. The van der Waals surface area contributed by atoms with Gasteiger partial charge in [0.25, 0.3) is 10.0 Å². The van der Waals surface area contributed by atoms with Crippen LogP contribution in [0.15, 0.2) is 40.9 Å².